The number of aromatic nitrogens is 4. The highest BCUT2D eigenvalue weighted by Crippen LogP contribution is 2.41. The molecule has 0 atom stereocenters. The second-order valence-electron chi connectivity index (χ2n) is 5.42. The summed E-state index contributed by atoms with van der Waals surface area (Å²) in [4.78, 5) is 0.679. The van der Waals surface area contributed by atoms with Crippen molar-refractivity contribution >= 4 is 28.4 Å². The smallest absolute Gasteiger partial charge is 0.235 e. The first-order valence-corrected chi connectivity index (χ1v) is 8.79. The van der Waals surface area contributed by atoms with Gasteiger partial charge in [0.05, 0.1) is 27.6 Å². The molecule has 0 saturated carbocycles. The largest absolute Gasteiger partial charge is 0.493 e. The van der Waals surface area contributed by atoms with Crippen LogP contribution in [0.2, 0.25) is 0 Å². The second-order valence-corrected chi connectivity index (χ2v) is 6.41. The molecular weight excluding hydrogens is 368 g/mol. The van der Waals surface area contributed by atoms with Gasteiger partial charge in [0.25, 0.3) is 0 Å². The summed E-state index contributed by atoms with van der Waals surface area (Å²) in [6.07, 6.45) is 5.35. The Hall–Kier alpha value is -3.33. The van der Waals surface area contributed by atoms with Crippen LogP contribution in [-0.2, 0) is 0 Å². The van der Waals surface area contributed by atoms with Gasteiger partial charge in [0.2, 0.25) is 10.7 Å². The SMILES string of the molecule is COc1cc(-c2nnc3sc(/C=C/c4ccco4)nn23)cc(OC)c1OC. The summed E-state index contributed by atoms with van der Waals surface area (Å²) in [7, 11) is 4.70. The lowest BCUT2D eigenvalue weighted by Crippen LogP contribution is -1.97. The molecular formula is C18H16N4O4S. The Kier molecular flexibility index (Phi) is 4.51. The molecule has 0 saturated heterocycles. The highest BCUT2D eigenvalue weighted by molar-refractivity contribution is 7.17. The van der Waals surface area contributed by atoms with Crippen LogP contribution in [-0.4, -0.2) is 41.1 Å². The van der Waals surface area contributed by atoms with Crippen LogP contribution in [0.5, 0.6) is 17.2 Å². The number of furan rings is 1. The maximum Gasteiger partial charge on any atom is 0.235 e. The van der Waals surface area contributed by atoms with Crippen molar-refractivity contribution in [3.8, 4) is 28.6 Å². The van der Waals surface area contributed by atoms with Crippen LogP contribution in [0.15, 0.2) is 34.9 Å². The Bertz CT molecular complexity index is 1070. The Morgan fingerprint density at radius 2 is 1.81 bits per heavy atom. The van der Waals surface area contributed by atoms with Crippen LogP contribution >= 0.6 is 11.3 Å². The Morgan fingerprint density at radius 3 is 2.44 bits per heavy atom. The monoisotopic (exact) mass is 384 g/mol. The summed E-state index contributed by atoms with van der Waals surface area (Å²) in [5.41, 5.74) is 0.754. The van der Waals surface area contributed by atoms with Crippen molar-refractivity contribution in [2.24, 2.45) is 0 Å². The van der Waals surface area contributed by atoms with Gasteiger partial charge in [-0.2, -0.15) is 9.61 Å². The van der Waals surface area contributed by atoms with Crippen LogP contribution in [0.3, 0.4) is 0 Å². The van der Waals surface area contributed by atoms with Gasteiger partial charge < -0.3 is 18.6 Å². The van der Waals surface area contributed by atoms with Crippen molar-refractivity contribution in [1.82, 2.24) is 19.8 Å². The average Bonchev–Trinajstić information content (AvgIpc) is 3.42. The molecule has 0 amide bonds. The van der Waals surface area contributed by atoms with Gasteiger partial charge in [-0.15, -0.1) is 10.2 Å². The van der Waals surface area contributed by atoms with Gasteiger partial charge in [0, 0.05) is 5.56 Å². The van der Waals surface area contributed by atoms with Crippen LogP contribution < -0.4 is 14.2 Å². The number of hydrogen-bond donors (Lipinski definition) is 0. The minimum absolute atomic E-state index is 0.518. The number of rotatable bonds is 6. The molecule has 9 heteroatoms. The summed E-state index contributed by atoms with van der Waals surface area (Å²) in [6.45, 7) is 0. The number of ether oxygens (including phenoxy) is 3. The van der Waals surface area contributed by atoms with E-state index in [1.54, 1.807) is 32.1 Å². The van der Waals surface area contributed by atoms with Gasteiger partial charge in [0.15, 0.2) is 17.3 Å². The molecule has 8 nitrogen and oxygen atoms in total. The molecule has 3 aromatic heterocycles. The molecule has 0 spiro atoms. The fraction of sp³-hybridized carbons (Fsp3) is 0.167. The van der Waals surface area contributed by atoms with Gasteiger partial charge >= 0.3 is 0 Å². The number of fused-ring (bicyclic) bond motifs is 1. The lowest BCUT2D eigenvalue weighted by atomic mass is 10.1. The molecule has 0 bridgehead atoms. The Morgan fingerprint density at radius 1 is 1.04 bits per heavy atom. The molecule has 0 unspecified atom stereocenters. The standard InChI is InChI=1S/C18H16N4O4S/c1-23-13-9-11(10-14(24-2)16(13)25-3)17-19-20-18-22(17)21-15(27-18)7-6-12-5-4-8-26-12/h4-10H,1-3H3/b7-6+. The summed E-state index contributed by atoms with van der Waals surface area (Å²) >= 11 is 1.42. The summed E-state index contributed by atoms with van der Waals surface area (Å²) < 4.78 is 23.2. The van der Waals surface area contributed by atoms with Crippen LogP contribution in [0.4, 0.5) is 0 Å². The first kappa shape index (κ1) is 17.1. The maximum atomic E-state index is 5.41. The van der Waals surface area contributed by atoms with Crippen molar-refractivity contribution < 1.29 is 18.6 Å². The van der Waals surface area contributed by atoms with Crippen molar-refractivity contribution in [2.45, 2.75) is 0 Å². The molecule has 0 N–H and O–H groups in total. The third-order valence-electron chi connectivity index (χ3n) is 3.86. The predicted molar refractivity (Wildman–Crippen MR) is 101 cm³/mol. The van der Waals surface area contributed by atoms with E-state index in [9.17, 15) is 0 Å². The zero-order valence-electron chi connectivity index (χ0n) is 14.9. The number of nitrogens with zero attached hydrogens (tertiary/aromatic N) is 4. The minimum atomic E-state index is 0.518. The van der Waals surface area contributed by atoms with E-state index in [1.165, 1.54) is 11.3 Å². The molecule has 1 aromatic carbocycles. The molecule has 0 radical (unpaired) electrons. The van der Waals surface area contributed by atoms with Gasteiger partial charge in [0.1, 0.15) is 10.8 Å². The Labute approximate surface area is 158 Å². The fourth-order valence-corrected chi connectivity index (χ4v) is 3.37. The summed E-state index contributed by atoms with van der Waals surface area (Å²) in [5.74, 6) is 2.93. The van der Waals surface area contributed by atoms with Crippen molar-refractivity contribution in [3.05, 3.63) is 41.3 Å². The van der Waals surface area contributed by atoms with Gasteiger partial charge in [-0.3, -0.25) is 0 Å². The third kappa shape index (κ3) is 3.13. The van der Waals surface area contributed by atoms with Gasteiger partial charge in [-0.25, -0.2) is 0 Å². The lowest BCUT2D eigenvalue weighted by molar-refractivity contribution is 0.324. The molecule has 27 heavy (non-hydrogen) atoms. The van der Waals surface area contributed by atoms with Crippen LogP contribution in [0.1, 0.15) is 10.8 Å². The van der Waals surface area contributed by atoms with Crippen molar-refractivity contribution in [2.75, 3.05) is 21.3 Å². The quantitative estimate of drug-likeness (QED) is 0.502. The van der Waals surface area contributed by atoms with Crippen molar-refractivity contribution in [1.29, 1.82) is 0 Å². The number of hydrogen-bond acceptors (Lipinski definition) is 8. The summed E-state index contributed by atoms with van der Waals surface area (Å²) in [5, 5.41) is 13.8. The first-order valence-electron chi connectivity index (χ1n) is 7.97. The van der Waals surface area contributed by atoms with Gasteiger partial charge in [-0.05, 0) is 36.4 Å². The summed E-state index contributed by atoms with van der Waals surface area (Å²) in [6, 6.07) is 7.34. The van der Waals surface area contributed by atoms with E-state index in [4.69, 9.17) is 18.6 Å². The molecule has 0 aliphatic carbocycles. The number of methoxy groups -OCH3 is 3. The average molecular weight is 384 g/mol. The highest BCUT2D eigenvalue weighted by Gasteiger charge is 2.18. The predicted octanol–water partition coefficient (Wildman–Crippen LogP) is 3.64. The highest BCUT2D eigenvalue weighted by atomic mass is 32.1. The van der Waals surface area contributed by atoms with E-state index in [1.807, 2.05) is 36.4 Å². The number of benzene rings is 1. The molecule has 0 fully saturated rings. The first-order chi connectivity index (χ1) is 13.2. The van der Waals surface area contributed by atoms with E-state index in [-0.39, 0.29) is 0 Å². The maximum absolute atomic E-state index is 5.41. The van der Waals surface area contributed by atoms with Crippen LogP contribution in [0, 0.1) is 0 Å². The van der Waals surface area contributed by atoms with E-state index in [0.717, 1.165) is 16.3 Å². The second kappa shape index (κ2) is 7.12. The van der Waals surface area contributed by atoms with Gasteiger partial charge in [-0.1, -0.05) is 11.3 Å². The lowest BCUT2D eigenvalue weighted by Gasteiger charge is -2.13. The normalized spacial score (nSPS) is 11.4. The third-order valence-corrected chi connectivity index (χ3v) is 4.73. The van der Waals surface area contributed by atoms with E-state index >= 15 is 0 Å². The Balaban J connectivity index is 1.76. The van der Waals surface area contributed by atoms with E-state index < -0.39 is 0 Å². The minimum Gasteiger partial charge on any atom is -0.493 e. The van der Waals surface area contributed by atoms with E-state index in [2.05, 4.69) is 15.3 Å². The molecule has 4 rings (SSSR count). The molecule has 3 heterocycles. The molecule has 0 aliphatic rings. The van der Waals surface area contributed by atoms with E-state index in [0.29, 0.717) is 28.0 Å². The zero-order valence-corrected chi connectivity index (χ0v) is 15.7. The zero-order chi connectivity index (χ0) is 18.8. The topological polar surface area (TPSA) is 83.9 Å². The molecule has 4 aromatic rings. The van der Waals surface area contributed by atoms with Crippen LogP contribution in [0.25, 0.3) is 28.5 Å². The fourth-order valence-electron chi connectivity index (χ4n) is 2.63. The molecule has 0 aliphatic heterocycles. The molecule has 138 valence electrons. The van der Waals surface area contributed by atoms with Crippen molar-refractivity contribution in [3.63, 3.8) is 0 Å².